The van der Waals surface area contributed by atoms with Gasteiger partial charge >= 0.3 is 5.97 Å². The molecule has 0 amide bonds. The SMILES string of the molecule is Cn1ccnc1C=Nc1cccc2c1CC(=O)O2. The molecule has 0 radical (unpaired) electrons. The van der Waals surface area contributed by atoms with E-state index in [9.17, 15) is 4.79 Å². The van der Waals surface area contributed by atoms with E-state index in [2.05, 4.69) is 9.98 Å². The average molecular weight is 241 g/mol. The van der Waals surface area contributed by atoms with Crippen molar-refractivity contribution in [2.24, 2.45) is 12.0 Å². The van der Waals surface area contributed by atoms with E-state index in [-0.39, 0.29) is 12.4 Å². The summed E-state index contributed by atoms with van der Waals surface area (Å²) in [6.07, 6.45) is 5.52. The van der Waals surface area contributed by atoms with Gasteiger partial charge in [-0.2, -0.15) is 0 Å². The molecule has 0 N–H and O–H groups in total. The maximum atomic E-state index is 11.2. The number of benzene rings is 1. The van der Waals surface area contributed by atoms with Crippen molar-refractivity contribution in [3.8, 4) is 5.75 Å². The van der Waals surface area contributed by atoms with Crippen LogP contribution < -0.4 is 4.74 Å². The third-order valence-corrected chi connectivity index (χ3v) is 2.83. The van der Waals surface area contributed by atoms with Crippen molar-refractivity contribution in [3.05, 3.63) is 42.0 Å². The highest BCUT2D eigenvalue weighted by molar-refractivity contribution is 5.85. The third-order valence-electron chi connectivity index (χ3n) is 2.83. The van der Waals surface area contributed by atoms with Crippen molar-refractivity contribution in [1.82, 2.24) is 9.55 Å². The Morgan fingerprint density at radius 3 is 3.17 bits per heavy atom. The Labute approximate surface area is 104 Å². The molecule has 0 atom stereocenters. The second-order valence-corrected chi connectivity index (χ2v) is 4.06. The lowest BCUT2D eigenvalue weighted by molar-refractivity contribution is -0.131. The van der Waals surface area contributed by atoms with E-state index in [1.165, 1.54) is 0 Å². The number of hydrogen-bond acceptors (Lipinski definition) is 4. The summed E-state index contributed by atoms with van der Waals surface area (Å²) in [7, 11) is 1.90. The van der Waals surface area contributed by atoms with Crippen molar-refractivity contribution in [1.29, 1.82) is 0 Å². The Bertz CT molecular complexity index is 643. The fraction of sp³-hybridized carbons (Fsp3) is 0.154. The number of aliphatic imine (C=N–C) groups is 1. The van der Waals surface area contributed by atoms with Crippen LogP contribution in [0.15, 0.2) is 35.6 Å². The zero-order valence-electron chi connectivity index (χ0n) is 9.83. The molecular weight excluding hydrogens is 230 g/mol. The molecule has 5 nitrogen and oxygen atoms in total. The maximum Gasteiger partial charge on any atom is 0.315 e. The molecule has 0 unspecified atom stereocenters. The van der Waals surface area contributed by atoms with Gasteiger partial charge < -0.3 is 9.30 Å². The topological polar surface area (TPSA) is 56.5 Å². The van der Waals surface area contributed by atoms with Crippen LogP contribution in [-0.4, -0.2) is 21.7 Å². The van der Waals surface area contributed by atoms with Crippen LogP contribution in [0.25, 0.3) is 0 Å². The highest BCUT2D eigenvalue weighted by Gasteiger charge is 2.22. The van der Waals surface area contributed by atoms with Gasteiger partial charge in [-0.05, 0) is 12.1 Å². The molecule has 0 saturated carbocycles. The number of aryl methyl sites for hydroxylation is 1. The van der Waals surface area contributed by atoms with Crippen LogP contribution in [-0.2, 0) is 18.3 Å². The van der Waals surface area contributed by atoms with E-state index in [1.54, 1.807) is 18.5 Å². The molecule has 2 aromatic rings. The first kappa shape index (κ1) is 10.7. The summed E-state index contributed by atoms with van der Waals surface area (Å²) >= 11 is 0. The van der Waals surface area contributed by atoms with Gasteiger partial charge in [0.05, 0.1) is 18.3 Å². The second-order valence-electron chi connectivity index (χ2n) is 4.06. The number of ether oxygens (including phenoxy) is 1. The lowest BCUT2D eigenvalue weighted by Crippen LogP contribution is -2.00. The minimum atomic E-state index is -0.232. The number of imidazole rings is 1. The number of fused-ring (bicyclic) bond motifs is 1. The van der Waals surface area contributed by atoms with Crippen LogP contribution >= 0.6 is 0 Å². The van der Waals surface area contributed by atoms with Crippen LogP contribution in [0.5, 0.6) is 5.75 Å². The number of carbonyl (C=O) groups is 1. The molecule has 0 bridgehead atoms. The van der Waals surface area contributed by atoms with E-state index in [0.717, 1.165) is 17.1 Å². The summed E-state index contributed by atoms with van der Waals surface area (Å²) in [5, 5.41) is 0. The third kappa shape index (κ3) is 1.79. The van der Waals surface area contributed by atoms with Gasteiger partial charge in [-0.3, -0.25) is 9.79 Å². The molecule has 0 fully saturated rings. The molecule has 1 aliphatic rings. The standard InChI is InChI=1S/C13H11N3O2/c1-16-6-5-14-12(16)8-15-10-3-2-4-11-9(10)7-13(17)18-11/h2-6,8H,7H2,1H3. The molecule has 0 saturated heterocycles. The van der Waals surface area contributed by atoms with Crippen LogP contribution in [0, 0.1) is 0 Å². The van der Waals surface area contributed by atoms with Gasteiger partial charge in [-0.15, -0.1) is 0 Å². The summed E-state index contributed by atoms with van der Waals surface area (Å²) < 4.78 is 6.94. The average Bonchev–Trinajstić information content (AvgIpc) is 2.91. The quantitative estimate of drug-likeness (QED) is 0.456. The lowest BCUT2D eigenvalue weighted by atomic mass is 10.1. The number of carbonyl (C=O) groups excluding carboxylic acids is 1. The molecular formula is C13H11N3O2. The highest BCUT2D eigenvalue weighted by Crippen LogP contribution is 2.33. The van der Waals surface area contributed by atoms with Crippen molar-refractivity contribution >= 4 is 17.9 Å². The molecule has 3 rings (SSSR count). The van der Waals surface area contributed by atoms with Crippen molar-refractivity contribution in [2.45, 2.75) is 6.42 Å². The maximum absolute atomic E-state index is 11.2. The van der Waals surface area contributed by atoms with E-state index in [1.807, 2.05) is 29.9 Å². The highest BCUT2D eigenvalue weighted by atomic mass is 16.5. The molecule has 1 aliphatic heterocycles. The molecule has 90 valence electrons. The Balaban J connectivity index is 1.95. The second kappa shape index (κ2) is 4.10. The number of esters is 1. The van der Waals surface area contributed by atoms with Gasteiger partial charge in [0.15, 0.2) is 5.82 Å². The van der Waals surface area contributed by atoms with Crippen LogP contribution in [0.1, 0.15) is 11.4 Å². The van der Waals surface area contributed by atoms with Gasteiger partial charge in [-0.25, -0.2) is 4.98 Å². The minimum absolute atomic E-state index is 0.232. The Morgan fingerprint density at radius 1 is 1.50 bits per heavy atom. The van der Waals surface area contributed by atoms with Crippen molar-refractivity contribution < 1.29 is 9.53 Å². The normalized spacial score (nSPS) is 13.9. The Morgan fingerprint density at radius 2 is 2.39 bits per heavy atom. The number of nitrogens with zero attached hydrogens (tertiary/aromatic N) is 3. The molecule has 0 spiro atoms. The zero-order chi connectivity index (χ0) is 12.5. The molecule has 18 heavy (non-hydrogen) atoms. The number of aromatic nitrogens is 2. The predicted octanol–water partition coefficient (Wildman–Crippen LogP) is 1.63. The lowest BCUT2D eigenvalue weighted by Gasteiger charge is -2.00. The van der Waals surface area contributed by atoms with Crippen molar-refractivity contribution in [3.63, 3.8) is 0 Å². The Hall–Kier alpha value is -2.43. The smallest absolute Gasteiger partial charge is 0.315 e. The Kier molecular flexibility index (Phi) is 2.44. The fourth-order valence-corrected chi connectivity index (χ4v) is 1.88. The summed E-state index contributed by atoms with van der Waals surface area (Å²) in [6, 6.07) is 5.46. The van der Waals surface area contributed by atoms with Crippen molar-refractivity contribution in [2.75, 3.05) is 0 Å². The van der Waals surface area contributed by atoms with Gasteiger partial charge in [0.1, 0.15) is 5.75 Å². The first-order valence-corrected chi connectivity index (χ1v) is 5.58. The molecule has 1 aromatic carbocycles. The van der Waals surface area contributed by atoms with E-state index in [4.69, 9.17) is 4.74 Å². The predicted molar refractivity (Wildman–Crippen MR) is 66.2 cm³/mol. The number of hydrogen-bond donors (Lipinski definition) is 0. The van der Waals surface area contributed by atoms with E-state index in [0.29, 0.717) is 5.75 Å². The molecule has 1 aromatic heterocycles. The van der Waals surface area contributed by atoms with Gasteiger partial charge in [0.2, 0.25) is 0 Å². The summed E-state index contributed by atoms with van der Waals surface area (Å²) in [6.45, 7) is 0. The first-order valence-electron chi connectivity index (χ1n) is 5.58. The summed E-state index contributed by atoms with van der Waals surface area (Å²) in [4.78, 5) is 19.8. The fourth-order valence-electron chi connectivity index (χ4n) is 1.88. The molecule has 0 aliphatic carbocycles. The molecule has 5 heteroatoms. The largest absolute Gasteiger partial charge is 0.426 e. The van der Waals surface area contributed by atoms with Gasteiger partial charge in [0.25, 0.3) is 0 Å². The number of rotatable bonds is 2. The molecule has 2 heterocycles. The van der Waals surface area contributed by atoms with Crippen LogP contribution in [0.2, 0.25) is 0 Å². The van der Waals surface area contributed by atoms with E-state index < -0.39 is 0 Å². The van der Waals surface area contributed by atoms with Crippen LogP contribution in [0.4, 0.5) is 5.69 Å². The van der Waals surface area contributed by atoms with Gasteiger partial charge in [-0.1, -0.05) is 6.07 Å². The van der Waals surface area contributed by atoms with Gasteiger partial charge in [0, 0.05) is 25.0 Å². The zero-order valence-corrected chi connectivity index (χ0v) is 9.83. The summed E-state index contributed by atoms with van der Waals surface area (Å²) in [5.41, 5.74) is 1.59. The monoisotopic (exact) mass is 241 g/mol. The summed E-state index contributed by atoms with van der Waals surface area (Å²) in [5.74, 6) is 1.14. The van der Waals surface area contributed by atoms with Crippen LogP contribution in [0.3, 0.4) is 0 Å². The minimum Gasteiger partial charge on any atom is -0.426 e. The van der Waals surface area contributed by atoms with E-state index >= 15 is 0 Å². The first-order chi connectivity index (χ1) is 8.74.